The number of amides is 1. The molecule has 1 amide bonds. The van der Waals surface area contributed by atoms with E-state index in [0.29, 0.717) is 13.2 Å². The Bertz CT molecular complexity index is 421. The fourth-order valence-corrected chi connectivity index (χ4v) is 2.42. The van der Waals surface area contributed by atoms with Crippen molar-refractivity contribution >= 4 is 6.09 Å². The van der Waals surface area contributed by atoms with Crippen LogP contribution in [0.4, 0.5) is 4.79 Å². The number of hydrogen-bond acceptors (Lipinski definition) is 3. The van der Waals surface area contributed by atoms with E-state index in [1.165, 1.54) is 0 Å². The van der Waals surface area contributed by atoms with Crippen LogP contribution in [0.15, 0.2) is 30.3 Å². The van der Waals surface area contributed by atoms with Crippen LogP contribution in [0.2, 0.25) is 0 Å². The van der Waals surface area contributed by atoms with E-state index < -0.39 is 0 Å². The number of piperidine rings is 1. The molecule has 0 aromatic heterocycles. The van der Waals surface area contributed by atoms with Crippen LogP contribution >= 0.6 is 0 Å². The van der Waals surface area contributed by atoms with Gasteiger partial charge in [0.2, 0.25) is 0 Å². The monoisotopic (exact) mass is 262 g/mol. The molecule has 1 atom stereocenters. The van der Waals surface area contributed by atoms with E-state index in [-0.39, 0.29) is 11.6 Å². The van der Waals surface area contributed by atoms with Crippen LogP contribution < -0.4 is 5.73 Å². The van der Waals surface area contributed by atoms with Crippen molar-refractivity contribution in [3.63, 3.8) is 0 Å². The summed E-state index contributed by atoms with van der Waals surface area (Å²) >= 11 is 0. The molecule has 1 aliphatic heterocycles. The first-order valence-electron chi connectivity index (χ1n) is 6.87. The predicted molar refractivity (Wildman–Crippen MR) is 74.6 cm³/mol. The van der Waals surface area contributed by atoms with Gasteiger partial charge in [0.15, 0.2) is 0 Å². The molecule has 1 fully saturated rings. The van der Waals surface area contributed by atoms with Crippen LogP contribution in [0.5, 0.6) is 0 Å². The van der Waals surface area contributed by atoms with Gasteiger partial charge in [0.05, 0.1) is 0 Å². The van der Waals surface area contributed by atoms with E-state index in [1.807, 2.05) is 30.3 Å². The number of likely N-dealkylation sites (tertiary alicyclic amines) is 1. The minimum absolute atomic E-state index is 0.246. The predicted octanol–water partition coefficient (Wildman–Crippen LogP) is 2.53. The Morgan fingerprint density at radius 2 is 2.16 bits per heavy atom. The first-order chi connectivity index (χ1) is 9.13. The van der Waals surface area contributed by atoms with Gasteiger partial charge in [-0.25, -0.2) is 4.79 Å². The first kappa shape index (κ1) is 13.9. The molecule has 4 heteroatoms. The lowest BCUT2D eigenvalue weighted by Gasteiger charge is -2.39. The zero-order valence-corrected chi connectivity index (χ0v) is 11.5. The fourth-order valence-electron chi connectivity index (χ4n) is 2.42. The number of nitrogens with two attached hydrogens (primary N) is 1. The van der Waals surface area contributed by atoms with Gasteiger partial charge in [0.1, 0.15) is 6.61 Å². The molecular weight excluding hydrogens is 240 g/mol. The fraction of sp³-hybridized carbons (Fsp3) is 0.533. The molecule has 19 heavy (non-hydrogen) atoms. The largest absolute Gasteiger partial charge is 0.445 e. The third kappa shape index (κ3) is 3.70. The van der Waals surface area contributed by atoms with Gasteiger partial charge < -0.3 is 15.4 Å². The van der Waals surface area contributed by atoms with Gasteiger partial charge >= 0.3 is 6.09 Å². The summed E-state index contributed by atoms with van der Waals surface area (Å²) in [7, 11) is 0. The molecule has 1 aromatic rings. The lowest BCUT2D eigenvalue weighted by atomic mass is 9.88. The highest BCUT2D eigenvalue weighted by Crippen LogP contribution is 2.22. The summed E-state index contributed by atoms with van der Waals surface area (Å²) in [6.07, 6.45) is 2.55. The third-order valence-corrected chi connectivity index (χ3v) is 3.78. The van der Waals surface area contributed by atoms with Crippen molar-refractivity contribution in [3.8, 4) is 0 Å². The molecule has 2 N–H and O–H groups in total. The van der Waals surface area contributed by atoms with Crippen LogP contribution in [-0.2, 0) is 11.3 Å². The van der Waals surface area contributed by atoms with Crippen molar-refractivity contribution in [3.05, 3.63) is 35.9 Å². The number of carbonyl (C=O) groups excluding carboxylic acids is 1. The van der Waals surface area contributed by atoms with E-state index >= 15 is 0 Å². The Kier molecular flexibility index (Phi) is 4.43. The molecule has 1 aromatic carbocycles. The standard InChI is InChI=1S/C15H22N2O2/c1-2-15(16)9-6-10-17(12-15)14(18)19-11-13-7-4-3-5-8-13/h3-5,7-8H,2,6,9-12,16H2,1H3. The summed E-state index contributed by atoms with van der Waals surface area (Å²) in [6, 6.07) is 9.71. The van der Waals surface area contributed by atoms with Crippen molar-refractivity contribution in [2.45, 2.75) is 38.3 Å². The minimum atomic E-state index is -0.258. The van der Waals surface area contributed by atoms with Gasteiger partial charge in [-0.3, -0.25) is 0 Å². The summed E-state index contributed by atoms with van der Waals surface area (Å²) in [5.74, 6) is 0. The van der Waals surface area contributed by atoms with E-state index in [2.05, 4.69) is 6.92 Å². The average Bonchev–Trinajstić information content (AvgIpc) is 2.46. The third-order valence-electron chi connectivity index (χ3n) is 3.78. The van der Waals surface area contributed by atoms with Gasteiger partial charge in [0.25, 0.3) is 0 Å². The smallest absolute Gasteiger partial charge is 0.410 e. The highest BCUT2D eigenvalue weighted by molar-refractivity contribution is 5.68. The Morgan fingerprint density at radius 1 is 1.42 bits per heavy atom. The van der Waals surface area contributed by atoms with Crippen LogP contribution in [-0.4, -0.2) is 29.6 Å². The maximum absolute atomic E-state index is 12.0. The quantitative estimate of drug-likeness (QED) is 0.910. The Morgan fingerprint density at radius 3 is 2.84 bits per heavy atom. The Balaban J connectivity index is 1.86. The second-order valence-corrected chi connectivity index (χ2v) is 5.28. The highest BCUT2D eigenvalue weighted by atomic mass is 16.6. The first-order valence-corrected chi connectivity index (χ1v) is 6.87. The highest BCUT2D eigenvalue weighted by Gasteiger charge is 2.32. The molecule has 0 radical (unpaired) electrons. The number of benzene rings is 1. The van der Waals surface area contributed by atoms with Crippen molar-refractivity contribution in [1.82, 2.24) is 4.90 Å². The SMILES string of the molecule is CCC1(N)CCCN(C(=O)OCc2ccccc2)C1. The molecule has 1 unspecified atom stereocenters. The number of carbonyl (C=O) groups is 1. The molecule has 0 aliphatic carbocycles. The summed E-state index contributed by atoms with van der Waals surface area (Å²) in [5, 5.41) is 0. The second-order valence-electron chi connectivity index (χ2n) is 5.28. The zero-order chi connectivity index (χ0) is 13.7. The van der Waals surface area contributed by atoms with Gasteiger partial charge in [-0.15, -0.1) is 0 Å². The van der Waals surface area contributed by atoms with Crippen LogP contribution in [0.25, 0.3) is 0 Å². The number of rotatable bonds is 3. The molecule has 1 aliphatic rings. The normalized spacial score (nSPS) is 23.2. The molecule has 0 saturated carbocycles. The molecule has 0 bridgehead atoms. The number of nitrogens with zero attached hydrogens (tertiary/aromatic N) is 1. The lowest BCUT2D eigenvalue weighted by molar-refractivity contribution is 0.0725. The Labute approximate surface area is 114 Å². The summed E-state index contributed by atoms with van der Waals surface area (Å²) in [4.78, 5) is 13.8. The summed E-state index contributed by atoms with van der Waals surface area (Å²) < 4.78 is 5.34. The van der Waals surface area contributed by atoms with Crippen molar-refractivity contribution in [2.75, 3.05) is 13.1 Å². The van der Waals surface area contributed by atoms with Gasteiger partial charge in [-0.2, -0.15) is 0 Å². The molecule has 104 valence electrons. The molecule has 2 rings (SSSR count). The molecule has 0 spiro atoms. The molecule has 1 heterocycles. The Hall–Kier alpha value is -1.55. The summed E-state index contributed by atoms with van der Waals surface area (Å²) in [5.41, 5.74) is 7.00. The zero-order valence-electron chi connectivity index (χ0n) is 11.5. The maximum Gasteiger partial charge on any atom is 0.410 e. The molecule has 4 nitrogen and oxygen atoms in total. The molecular formula is C15H22N2O2. The van der Waals surface area contributed by atoms with Crippen molar-refractivity contribution in [2.24, 2.45) is 5.73 Å². The van der Waals surface area contributed by atoms with Gasteiger partial charge in [-0.05, 0) is 24.8 Å². The van der Waals surface area contributed by atoms with Crippen LogP contribution in [0.1, 0.15) is 31.7 Å². The number of hydrogen-bond donors (Lipinski definition) is 1. The van der Waals surface area contributed by atoms with Crippen molar-refractivity contribution < 1.29 is 9.53 Å². The van der Waals surface area contributed by atoms with Crippen molar-refractivity contribution in [1.29, 1.82) is 0 Å². The van der Waals surface area contributed by atoms with Gasteiger partial charge in [-0.1, -0.05) is 37.3 Å². The second kappa shape index (κ2) is 6.06. The van der Waals surface area contributed by atoms with Crippen LogP contribution in [0.3, 0.4) is 0 Å². The van der Waals surface area contributed by atoms with E-state index in [1.54, 1.807) is 4.90 Å². The minimum Gasteiger partial charge on any atom is -0.445 e. The summed E-state index contributed by atoms with van der Waals surface area (Å²) in [6.45, 7) is 3.72. The number of ether oxygens (including phenoxy) is 1. The van der Waals surface area contributed by atoms with Gasteiger partial charge in [0, 0.05) is 18.6 Å². The van der Waals surface area contributed by atoms with E-state index in [0.717, 1.165) is 31.4 Å². The molecule has 1 saturated heterocycles. The van der Waals surface area contributed by atoms with Crippen LogP contribution in [0, 0.1) is 0 Å². The topological polar surface area (TPSA) is 55.6 Å². The lowest BCUT2D eigenvalue weighted by Crippen LogP contribution is -2.55. The average molecular weight is 262 g/mol. The van der Waals surface area contributed by atoms with E-state index in [4.69, 9.17) is 10.5 Å². The maximum atomic E-state index is 12.0. The van der Waals surface area contributed by atoms with E-state index in [9.17, 15) is 4.79 Å².